The lowest BCUT2D eigenvalue weighted by atomic mass is 10.2. The fraction of sp³-hybridized carbons (Fsp3) is 0.250. The molecule has 0 saturated carbocycles. The Labute approximate surface area is 65.1 Å². The maximum atomic E-state index is 9.04. The molecule has 0 aliphatic rings. The van der Waals surface area contributed by atoms with Crippen molar-refractivity contribution in [2.75, 3.05) is 6.54 Å². The highest BCUT2D eigenvalue weighted by molar-refractivity contribution is 5.40. The lowest BCUT2D eigenvalue weighted by Gasteiger charge is -2.00. The lowest BCUT2D eigenvalue weighted by molar-refractivity contribution is 0.403. The molecular formula is C8H11NO2. The van der Waals surface area contributed by atoms with Crippen molar-refractivity contribution in [3.8, 4) is 11.5 Å². The second-order valence-electron chi connectivity index (χ2n) is 2.36. The van der Waals surface area contributed by atoms with Crippen LogP contribution in [0.5, 0.6) is 11.5 Å². The molecule has 0 fully saturated rings. The van der Waals surface area contributed by atoms with Gasteiger partial charge >= 0.3 is 0 Å². The number of hydrogen-bond donors (Lipinski definition) is 3. The first-order valence-corrected chi connectivity index (χ1v) is 3.45. The maximum Gasteiger partial charge on any atom is 0.157 e. The first kappa shape index (κ1) is 7.88. The van der Waals surface area contributed by atoms with Gasteiger partial charge in [-0.3, -0.25) is 0 Å². The molecule has 4 N–H and O–H groups in total. The van der Waals surface area contributed by atoms with Crippen molar-refractivity contribution in [3.05, 3.63) is 23.8 Å². The van der Waals surface area contributed by atoms with Gasteiger partial charge in [0, 0.05) is 0 Å². The van der Waals surface area contributed by atoms with Gasteiger partial charge < -0.3 is 15.9 Å². The van der Waals surface area contributed by atoms with Crippen LogP contribution in [-0.2, 0) is 6.42 Å². The van der Waals surface area contributed by atoms with E-state index >= 15 is 0 Å². The zero-order valence-electron chi connectivity index (χ0n) is 6.12. The second-order valence-corrected chi connectivity index (χ2v) is 2.36. The van der Waals surface area contributed by atoms with E-state index in [-0.39, 0.29) is 11.5 Å². The number of phenolic OH excluding ortho intramolecular Hbond substituents is 2. The fourth-order valence-electron chi connectivity index (χ4n) is 0.891. The number of hydrogen-bond acceptors (Lipinski definition) is 3. The number of benzene rings is 1. The third-order valence-corrected chi connectivity index (χ3v) is 1.47. The molecule has 0 spiro atoms. The number of rotatable bonds is 2. The first-order valence-electron chi connectivity index (χ1n) is 3.45. The van der Waals surface area contributed by atoms with E-state index in [1.807, 2.05) is 0 Å². The molecule has 0 heterocycles. The van der Waals surface area contributed by atoms with Gasteiger partial charge in [-0.1, -0.05) is 6.07 Å². The number of aromatic hydroxyl groups is 2. The van der Waals surface area contributed by atoms with E-state index < -0.39 is 0 Å². The Morgan fingerprint density at radius 2 is 1.91 bits per heavy atom. The Morgan fingerprint density at radius 1 is 1.18 bits per heavy atom. The summed E-state index contributed by atoms with van der Waals surface area (Å²) < 4.78 is 0. The van der Waals surface area contributed by atoms with E-state index in [1.165, 1.54) is 12.1 Å². The highest BCUT2D eigenvalue weighted by Gasteiger charge is 1.98. The zero-order valence-corrected chi connectivity index (χ0v) is 6.12. The third-order valence-electron chi connectivity index (χ3n) is 1.47. The van der Waals surface area contributed by atoms with Gasteiger partial charge in [0.25, 0.3) is 0 Å². The van der Waals surface area contributed by atoms with Gasteiger partial charge in [0.1, 0.15) is 0 Å². The minimum atomic E-state index is -0.0919. The van der Waals surface area contributed by atoms with Gasteiger partial charge in [-0.2, -0.15) is 0 Å². The zero-order chi connectivity index (χ0) is 8.27. The predicted molar refractivity (Wildman–Crippen MR) is 42.5 cm³/mol. The standard InChI is InChI=1S/C8H11NO2/c9-4-3-6-1-2-7(10)8(11)5-6/h1-2,5,10-11H,3-4,9H2/i4+1,9+1. The molecule has 60 valence electrons. The topological polar surface area (TPSA) is 66.5 Å². The molecule has 0 amide bonds. The Balaban J connectivity index is 2.86. The molecule has 0 saturated heterocycles. The van der Waals surface area contributed by atoms with Crippen molar-refractivity contribution in [1.82, 2.24) is 0 Å². The Kier molecular flexibility index (Phi) is 2.33. The largest absolute Gasteiger partial charge is 0.504 e. The number of phenols is 2. The molecule has 0 bridgehead atoms. The molecule has 3 heteroatoms. The van der Waals surface area contributed by atoms with Crippen molar-refractivity contribution in [3.63, 3.8) is 0 Å². The highest BCUT2D eigenvalue weighted by atomic mass is 16.3. The van der Waals surface area contributed by atoms with E-state index in [1.54, 1.807) is 6.07 Å². The predicted octanol–water partition coefficient (Wildman–Crippen LogP) is 0.599. The van der Waals surface area contributed by atoms with Crippen LogP contribution in [-0.4, -0.2) is 16.8 Å². The summed E-state index contributed by atoms with van der Waals surface area (Å²) >= 11 is 0. The van der Waals surface area contributed by atoms with Crippen LogP contribution in [0, 0.1) is 0 Å². The second kappa shape index (κ2) is 3.25. The van der Waals surface area contributed by atoms with Crippen LogP contribution >= 0.6 is 0 Å². The summed E-state index contributed by atoms with van der Waals surface area (Å²) in [6, 6.07) is 4.71. The molecule has 11 heavy (non-hydrogen) atoms. The summed E-state index contributed by atoms with van der Waals surface area (Å²) in [7, 11) is 0. The summed E-state index contributed by atoms with van der Waals surface area (Å²) in [5.74, 6) is -0.179. The molecule has 3 nitrogen and oxygen atoms in total. The van der Waals surface area contributed by atoms with Crippen LogP contribution in [0.1, 0.15) is 5.56 Å². The monoisotopic (exact) mass is 155 g/mol. The first-order chi connectivity index (χ1) is 5.24. The average Bonchev–Trinajstić information content (AvgIpc) is 1.98. The highest BCUT2D eigenvalue weighted by Crippen LogP contribution is 2.24. The van der Waals surface area contributed by atoms with E-state index in [2.05, 4.69) is 0 Å². The number of nitrogens with two attached hydrogens (primary N) is 1. The Bertz CT molecular complexity index is 248. The summed E-state index contributed by atoms with van der Waals surface area (Å²) in [6.45, 7) is 0.546. The molecule has 0 unspecified atom stereocenters. The average molecular weight is 155 g/mol. The molecule has 0 aliphatic heterocycles. The Hall–Kier alpha value is -1.22. The van der Waals surface area contributed by atoms with Crippen molar-refractivity contribution in [1.29, 1.82) is 0 Å². The SMILES string of the molecule is [15NH2][13CH2]Cc1ccc(O)c(O)c1. The smallest absolute Gasteiger partial charge is 0.157 e. The van der Waals surface area contributed by atoms with Crippen molar-refractivity contribution in [2.45, 2.75) is 6.42 Å². The minimum Gasteiger partial charge on any atom is -0.504 e. The van der Waals surface area contributed by atoms with Gasteiger partial charge in [-0.25, -0.2) is 0 Å². The van der Waals surface area contributed by atoms with Crippen LogP contribution in [0.25, 0.3) is 0 Å². The van der Waals surface area contributed by atoms with Crippen LogP contribution < -0.4 is 5.73 Å². The minimum absolute atomic E-state index is 0.0871. The Morgan fingerprint density at radius 3 is 2.45 bits per heavy atom. The van der Waals surface area contributed by atoms with Crippen LogP contribution in [0.4, 0.5) is 0 Å². The van der Waals surface area contributed by atoms with E-state index in [4.69, 9.17) is 15.9 Å². The van der Waals surface area contributed by atoms with E-state index in [0.717, 1.165) is 5.56 Å². The molecule has 0 atom stereocenters. The summed E-state index contributed by atoms with van der Waals surface area (Å²) in [5.41, 5.74) is 6.24. The van der Waals surface area contributed by atoms with Gasteiger partial charge in [0.05, 0.1) is 0 Å². The van der Waals surface area contributed by atoms with Crippen molar-refractivity contribution >= 4 is 0 Å². The molecule has 0 radical (unpaired) electrons. The molecule has 1 aromatic rings. The molecule has 0 aliphatic carbocycles. The third kappa shape index (κ3) is 1.85. The van der Waals surface area contributed by atoms with Gasteiger partial charge in [0.2, 0.25) is 0 Å². The fourth-order valence-corrected chi connectivity index (χ4v) is 0.891. The lowest BCUT2D eigenvalue weighted by Crippen LogP contribution is -2.02. The normalized spacial score (nSPS) is 9.91. The van der Waals surface area contributed by atoms with E-state index in [0.29, 0.717) is 13.0 Å². The summed E-state index contributed by atoms with van der Waals surface area (Å²) in [4.78, 5) is 0. The van der Waals surface area contributed by atoms with Crippen LogP contribution in [0.2, 0.25) is 0 Å². The maximum absolute atomic E-state index is 9.04. The summed E-state index contributed by atoms with van der Waals surface area (Å²) in [6.07, 6.45) is 0.716. The van der Waals surface area contributed by atoms with Gasteiger partial charge in [-0.05, 0) is 30.7 Å². The quantitative estimate of drug-likeness (QED) is 0.333. The van der Waals surface area contributed by atoms with Crippen molar-refractivity contribution < 1.29 is 10.2 Å². The molecular weight excluding hydrogens is 144 g/mol. The van der Waals surface area contributed by atoms with Gasteiger partial charge in [0.15, 0.2) is 11.5 Å². The van der Waals surface area contributed by atoms with Crippen molar-refractivity contribution in [2.24, 2.45) is 5.73 Å². The summed E-state index contributed by atoms with van der Waals surface area (Å²) in [5, 5.41) is 18.0. The molecule has 1 aromatic carbocycles. The molecule has 1 rings (SSSR count). The van der Waals surface area contributed by atoms with Gasteiger partial charge in [-0.15, -0.1) is 0 Å². The van der Waals surface area contributed by atoms with E-state index in [9.17, 15) is 0 Å². The van der Waals surface area contributed by atoms with Crippen LogP contribution in [0.15, 0.2) is 18.2 Å². The molecule has 0 aromatic heterocycles. The van der Waals surface area contributed by atoms with Crippen LogP contribution in [0.3, 0.4) is 0 Å².